The van der Waals surface area contributed by atoms with Gasteiger partial charge in [0.1, 0.15) is 5.69 Å². The highest BCUT2D eigenvalue weighted by Crippen LogP contribution is 2.22. The maximum atomic E-state index is 12.2. The van der Waals surface area contributed by atoms with Gasteiger partial charge >= 0.3 is 0 Å². The summed E-state index contributed by atoms with van der Waals surface area (Å²) in [6.07, 6.45) is 4.68. The molecule has 0 aliphatic rings. The van der Waals surface area contributed by atoms with Crippen molar-refractivity contribution in [3.63, 3.8) is 0 Å². The Labute approximate surface area is 142 Å². The number of hydrogen-bond acceptors (Lipinski definition) is 4. The lowest BCUT2D eigenvalue weighted by atomic mass is 10.2. The van der Waals surface area contributed by atoms with Gasteiger partial charge < -0.3 is 9.73 Å². The van der Waals surface area contributed by atoms with Gasteiger partial charge in [0.2, 0.25) is 0 Å². The molecule has 3 aromatic rings. The van der Waals surface area contributed by atoms with Gasteiger partial charge in [-0.25, -0.2) is 4.98 Å². The largest absolute Gasteiger partial charge is 0.463 e. The van der Waals surface area contributed by atoms with Gasteiger partial charge in [-0.1, -0.05) is 23.2 Å². The van der Waals surface area contributed by atoms with Crippen molar-refractivity contribution in [2.75, 3.05) is 0 Å². The lowest BCUT2D eigenvalue weighted by Gasteiger charge is -2.08. The van der Waals surface area contributed by atoms with Gasteiger partial charge in [0.05, 0.1) is 29.1 Å². The summed E-state index contributed by atoms with van der Waals surface area (Å²) in [6.45, 7) is 0.196. The number of furan rings is 1. The van der Waals surface area contributed by atoms with E-state index in [1.54, 1.807) is 42.9 Å². The highest BCUT2D eigenvalue weighted by atomic mass is 35.5. The number of carbonyl (C=O) groups excluding carboxylic acids is 1. The smallest absolute Gasteiger partial charge is 0.253 e. The standard InChI is InChI=1S/C16H11Cl2N3O2/c17-10-3-4-11(12(18)8-10)16(22)21-9-13-15(20-6-5-19-13)14-2-1-7-23-14/h1-8H,9H2,(H,21,22). The Morgan fingerprint density at radius 2 is 2.00 bits per heavy atom. The van der Waals surface area contributed by atoms with Gasteiger partial charge in [-0.3, -0.25) is 9.78 Å². The van der Waals surface area contributed by atoms with Crippen LogP contribution in [-0.2, 0) is 6.54 Å². The van der Waals surface area contributed by atoms with Crippen molar-refractivity contribution < 1.29 is 9.21 Å². The van der Waals surface area contributed by atoms with Crippen LogP contribution in [0.2, 0.25) is 10.0 Å². The van der Waals surface area contributed by atoms with E-state index >= 15 is 0 Å². The second kappa shape index (κ2) is 6.81. The number of amides is 1. The molecule has 3 rings (SSSR count). The highest BCUT2D eigenvalue weighted by Gasteiger charge is 2.14. The first kappa shape index (κ1) is 15.5. The zero-order chi connectivity index (χ0) is 16.2. The second-order valence-corrected chi connectivity index (χ2v) is 5.48. The van der Waals surface area contributed by atoms with Crippen LogP contribution >= 0.6 is 23.2 Å². The lowest BCUT2D eigenvalue weighted by Crippen LogP contribution is -2.24. The normalized spacial score (nSPS) is 10.5. The Kier molecular flexibility index (Phi) is 4.60. The predicted octanol–water partition coefficient (Wildman–Crippen LogP) is 3.97. The van der Waals surface area contributed by atoms with Gasteiger partial charge in [-0.15, -0.1) is 0 Å². The van der Waals surface area contributed by atoms with E-state index in [1.165, 1.54) is 6.07 Å². The zero-order valence-corrected chi connectivity index (χ0v) is 13.3. The van der Waals surface area contributed by atoms with Crippen LogP contribution in [0.3, 0.4) is 0 Å². The summed E-state index contributed by atoms with van der Waals surface area (Å²) < 4.78 is 5.33. The fraction of sp³-hybridized carbons (Fsp3) is 0.0625. The molecule has 0 fully saturated rings. The molecule has 23 heavy (non-hydrogen) atoms. The van der Waals surface area contributed by atoms with E-state index in [9.17, 15) is 4.79 Å². The summed E-state index contributed by atoms with van der Waals surface area (Å²) >= 11 is 11.9. The van der Waals surface area contributed by atoms with Gasteiger partial charge in [0.15, 0.2) is 5.76 Å². The minimum absolute atomic E-state index is 0.196. The fourth-order valence-electron chi connectivity index (χ4n) is 2.05. The van der Waals surface area contributed by atoms with Crippen LogP contribution in [0.4, 0.5) is 0 Å². The summed E-state index contributed by atoms with van der Waals surface area (Å²) in [5, 5.41) is 3.53. The molecular weight excluding hydrogens is 337 g/mol. The topological polar surface area (TPSA) is 68.0 Å². The minimum atomic E-state index is -0.317. The van der Waals surface area contributed by atoms with Crippen molar-refractivity contribution in [2.24, 2.45) is 0 Å². The molecule has 0 saturated carbocycles. The first-order chi connectivity index (χ1) is 11.1. The number of hydrogen-bond donors (Lipinski definition) is 1. The molecule has 0 saturated heterocycles. The molecule has 0 aliphatic heterocycles. The number of rotatable bonds is 4. The summed E-state index contributed by atoms with van der Waals surface area (Å²) in [7, 11) is 0. The van der Waals surface area contributed by atoms with Crippen molar-refractivity contribution in [1.29, 1.82) is 0 Å². The van der Waals surface area contributed by atoms with Crippen molar-refractivity contribution in [3.05, 3.63) is 70.3 Å². The minimum Gasteiger partial charge on any atom is -0.463 e. The van der Waals surface area contributed by atoms with E-state index in [4.69, 9.17) is 27.6 Å². The maximum absolute atomic E-state index is 12.2. The quantitative estimate of drug-likeness (QED) is 0.775. The molecule has 0 radical (unpaired) electrons. The number of halogens is 2. The van der Waals surface area contributed by atoms with Crippen LogP contribution in [0, 0.1) is 0 Å². The van der Waals surface area contributed by atoms with Crippen LogP contribution in [0.5, 0.6) is 0 Å². The molecule has 7 heteroatoms. The van der Waals surface area contributed by atoms with Gasteiger partial charge in [0, 0.05) is 17.4 Å². The summed E-state index contributed by atoms with van der Waals surface area (Å²) in [5.74, 6) is 0.273. The second-order valence-electron chi connectivity index (χ2n) is 4.64. The third-order valence-electron chi connectivity index (χ3n) is 3.12. The van der Waals surface area contributed by atoms with E-state index in [0.717, 1.165) is 0 Å². The number of aromatic nitrogens is 2. The molecule has 0 atom stereocenters. The highest BCUT2D eigenvalue weighted by molar-refractivity contribution is 6.36. The third kappa shape index (κ3) is 3.52. The predicted molar refractivity (Wildman–Crippen MR) is 87.4 cm³/mol. The summed E-state index contributed by atoms with van der Waals surface area (Å²) in [5.41, 5.74) is 1.53. The molecule has 1 N–H and O–H groups in total. The Bertz CT molecular complexity index is 835. The molecule has 0 unspecified atom stereocenters. The Balaban J connectivity index is 1.77. The molecule has 2 heterocycles. The SMILES string of the molecule is O=C(NCc1nccnc1-c1ccco1)c1ccc(Cl)cc1Cl. The number of benzene rings is 1. The average Bonchev–Trinajstić information content (AvgIpc) is 3.07. The maximum Gasteiger partial charge on any atom is 0.253 e. The zero-order valence-electron chi connectivity index (χ0n) is 11.8. The fourth-order valence-corrected chi connectivity index (χ4v) is 2.54. The van der Waals surface area contributed by atoms with Gasteiger partial charge in [-0.2, -0.15) is 0 Å². The Morgan fingerprint density at radius 3 is 2.74 bits per heavy atom. The van der Waals surface area contributed by atoms with Crippen LogP contribution < -0.4 is 5.32 Å². The van der Waals surface area contributed by atoms with E-state index in [0.29, 0.717) is 32.8 Å². The van der Waals surface area contributed by atoms with Crippen LogP contribution in [0.25, 0.3) is 11.5 Å². The molecule has 0 bridgehead atoms. The summed E-state index contributed by atoms with van der Waals surface area (Å²) in [6, 6.07) is 8.25. The lowest BCUT2D eigenvalue weighted by molar-refractivity contribution is 0.0950. The van der Waals surface area contributed by atoms with E-state index in [-0.39, 0.29) is 12.5 Å². The molecular formula is C16H11Cl2N3O2. The average molecular weight is 348 g/mol. The molecule has 5 nitrogen and oxygen atoms in total. The van der Waals surface area contributed by atoms with Crippen LogP contribution in [-0.4, -0.2) is 15.9 Å². The monoisotopic (exact) mass is 347 g/mol. The number of nitrogens with one attached hydrogen (secondary N) is 1. The van der Waals surface area contributed by atoms with E-state index in [1.807, 2.05) is 0 Å². The van der Waals surface area contributed by atoms with Crippen molar-refractivity contribution >= 4 is 29.1 Å². The van der Waals surface area contributed by atoms with Crippen molar-refractivity contribution in [2.45, 2.75) is 6.54 Å². The number of nitrogens with zero attached hydrogens (tertiary/aromatic N) is 2. The molecule has 116 valence electrons. The van der Waals surface area contributed by atoms with Crippen molar-refractivity contribution in [3.8, 4) is 11.5 Å². The van der Waals surface area contributed by atoms with Crippen molar-refractivity contribution in [1.82, 2.24) is 15.3 Å². The van der Waals surface area contributed by atoms with Gasteiger partial charge in [-0.05, 0) is 30.3 Å². The Morgan fingerprint density at radius 1 is 1.17 bits per heavy atom. The molecule has 0 spiro atoms. The van der Waals surface area contributed by atoms with Crippen LogP contribution in [0.1, 0.15) is 16.1 Å². The Hall–Kier alpha value is -2.37. The first-order valence-electron chi connectivity index (χ1n) is 6.72. The van der Waals surface area contributed by atoms with Crippen LogP contribution in [0.15, 0.2) is 53.4 Å². The molecule has 0 aliphatic carbocycles. The molecule has 1 amide bonds. The number of carbonyl (C=O) groups is 1. The summed E-state index contributed by atoms with van der Waals surface area (Å²) in [4.78, 5) is 20.7. The molecule has 2 aromatic heterocycles. The van der Waals surface area contributed by atoms with E-state index < -0.39 is 0 Å². The third-order valence-corrected chi connectivity index (χ3v) is 3.67. The first-order valence-corrected chi connectivity index (χ1v) is 7.48. The molecule has 1 aromatic carbocycles. The van der Waals surface area contributed by atoms with Gasteiger partial charge in [0.25, 0.3) is 5.91 Å². The van der Waals surface area contributed by atoms with E-state index in [2.05, 4.69) is 15.3 Å².